The summed E-state index contributed by atoms with van der Waals surface area (Å²) < 4.78 is 27.7. The van der Waals surface area contributed by atoms with E-state index in [0.29, 0.717) is 54.3 Å². The molecule has 1 aliphatic rings. The van der Waals surface area contributed by atoms with Gasteiger partial charge in [0, 0.05) is 43.8 Å². The van der Waals surface area contributed by atoms with Crippen molar-refractivity contribution in [3.05, 3.63) is 47.5 Å². The number of hydrogen-bond acceptors (Lipinski definition) is 6. The van der Waals surface area contributed by atoms with E-state index in [-0.39, 0.29) is 23.9 Å². The topological polar surface area (TPSA) is 92.8 Å². The Morgan fingerprint density at radius 2 is 2.03 bits per heavy atom. The minimum atomic E-state index is -0.504. The van der Waals surface area contributed by atoms with Crippen LogP contribution >= 0.6 is 0 Å². The minimum Gasteiger partial charge on any atom is -0.474 e. The van der Waals surface area contributed by atoms with Crippen LogP contribution in [0, 0.1) is 24.1 Å². The van der Waals surface area contributed by atoms with Gasteiger partial charge in [0.1, 0.15) is 11.9 Å². The lowest BCUT2D eigenvalue weighted by atomic mass is 10.0. The minimum absolute atomic E-state index is 0.0942. The van der Waals surface area contributed by atoms with Gasteiger partial charge in [0.15, 0.2) is 5.65 Å². The fourth-order valence-electron chi connectivity index (χ4n) is 3.83. The van der Waals surface area contributed by atoms with Crippen LogP contribution in [0.25, 0.3) is 16.8 Å². The van der Waals surface area contributed by atoms with Gasteiger partial charge in [-0.3, -0.25) is 0 Å². The summed E-state index contributed by atoms with van der Waals surface area (Å²) in [5, 5.41) is 13.5. The van der Waals surface area contributed by atoms with E-state index in [1.165, 1.54) is 6.07 Å². The molecule has 8 nitrogen and oxygen atoms in total. The monoisotopic (exact) mass is 437 g/mol. The Balaban J connectivity index is 1.55. The van der Waals surface area contributed by atoms with Crippen molar-refractivity contribution in [1.82, 2.24) is 19.5 Å². The lowest BCUT2D eigenvalue weighted by Gasteiger charge is -2.31. The fourth-order valence-corrected chi connectivity index (χ4v) is 3.83. The maximum absolute atomic E-state index is 14.7. The van der Waals surface area contributed by atoms with Crippen molar-refractivity contribution in [3.8, 4) is 23.1 Å². The number of benzene rings is 1. The van der Waals surface area contributed by atoms with Crippen molar-refractivity contribution < 1.29 is 18.7 Å². The third-order valence-corrected chi connectivity index (χ3v) is 5.35. The quantitative estimate of drug-likeness (QED) is 0.610. The highest BCUT2D eigenvalue weighted by Gasteiger charge is 2.26. The summed E-state index contributed by atoms with van der Waals surface area (Å²) in [4.78, 5) is 18.2. The second-order valence-corrected chi connectivity index (χ2v) is 8.02. The number of aryl methyl sites for hydroxylation is 1. The molecule has 32 heavy (non-hydrogen) atoms. The van der Waals surface area contributed by atoms with Gasteiger partial charge in [-0.15, -0.1) is 0 Å². The molecule has 0 aliphatic carbocycles. The maximum Gasteiger partial charge on any atom is 0.410 e. The third-order valence-electron chi connectivity index (χ3n) is 5.35. The van der Waals surface area contributed by atoms with Crippen LogP contribution in [0.4, 0.5) is 9.18 Å². The maximum atomic E-state index is 14.7. The number of ether oxygens (including phenoxy) is 2. The molecule has 166 valence electrons. The summed E-state index contributed by atoms with van der Waals surface area (Å²) in [5.74, 6) is -0.00237. The Kier molecular flexibility index (Phi) is 5.95. The van der Waals surface area contributed by atoms with Gasteiger partial charge in [-0.2, -0.15) is 14.9 Å². The van der Waals surface area contributed by atoms with E-state index in [1.54, 1.807) is 40.7 Å². The summed E-state index contributed by atoms with van der Waals surface area (Å²) in [6.07, 6.45) is 2.37. The average Bonchev–Trinajstić information content (AvgIpc) is 3.10. The van der Waals surface area contributed by atoms with Gasteiger partial charge >= 0.3 is 6.09 Å². The summed E-state index contributed by atoms with van der Waals surface area (Å²) in [6, 6.07) is 8.00. The van der Waals surface area contributed by atoms with Crippen LogP contribution in [0.3, 0.4) is 0 Å². The molecule has 0 unspecified atom stereocenters. The summed E-state index contributed by atoms with van der Waals surface area (Å²) in [6.45, 7) is 6.53. The van der Waals surface area contributed by atoms with Crippen molar-refractivity contribution in [2.45, 2.75) is 45.8 Å². The van der Waals surface area contributed by atoms with Crippen LogP contribution in [0.5, 0.6) is 5.88 Å². The summed E-state index contributed by atoms with van der Waals surface area (Å²) in [5.41, 5.74) is 2.22. The van der Waals surface area contributed by atoms with Crippen molar-refractivity contribution in [2.24, 2.45) is 0 Å². The fraction of sp³-hybridized carbons (Fsp3) is 0.391. The number of amides is 1. The number of nitrogens with zero attached hydrogens (tertiary/aromatic N) is 5. The van der Waals surface area contributed by atoms with Crippen LogP contribution in [-0.2, 0) is 4.74 Å². The number of aromatic nitrogens is 3. The number of rotatable bonds is 4. The molecule has 1 amide bonds. The van der Waals surface area contributed by atoms with Gasteiger partial charge in [0.05, 0.1) is 29.0 Å². The molecule has 2 aromatic heterocycles. The zero-order valence-electron chi connectivity index (χ0n) is 18.2. The molecule has 1 aromatic carbocycles. The molecular formula is C23H24FN5O3. The highest BCUT2D eigenvalue weighted by atomic mass is 19.1. The van der Waals surface area contributed by atoms with Crippen molar-refractivity contribution in [3.63, 3.8) is 0 Å². The summed E-state index contributed by atoms with van der Waals surface area (Å²) in [7, 11) is 0. The molecule has 0 spiro atoms. The standard InChI is InChI=1S/C23H24FN5O3/c1-14(2)31-23(30)28-10-7-17(8-11-28)32-20-6-9-26-22-21(15(3)27-29(20)22)18-5-4-16(13-25)12-19(18)24/h4-6,9,12,14,17H,7-8,10-11H2,1-3H3. The third kappa shape index (κ3) is 4.21. The first-order chi connectivity index (χ1) is 15.4. The zero-order valence-corrected chi connectivity index (χ0v) is 18.2. The van der Waals surface area contributed by atoms with Gasteiger partial charge < -0.3 is 14.4 Å². The predicted octanol–water partition coefficient (Wildman–Crippen LogP) is 4.10. The Hall–Kier alpha value is -3.67. The number of likely N-dealkylation sites (tertiary alicyclic amines) is 1. The Morgan fingerprint density at radius 3 is 2.69 bits per heavy atom. The number of carbonyl (C=O) groups is 1. The van der Waals surface area contributed by atoms with E-state index >= 15 is 0 Å². The first-order valence-electron chi connectivity index (χ1n) is 10.5. The van der Waals surface area contributed by atoms with Crippen molar-refractivity contribution in [1.29, 1.82) is 5.26 Å². The van der Waals surface area contributed by atoms with Gasteiger partial charge in [-0.1, -0.05) is 0 Å². The van der Waals surface area contributed by atoms with Crippen LogP contribution in [0.1, 0.15) is 37.9 Å². The number of piperidine rings is 1. The van der Waals surface area contributed by atoms with Crippen LogP contribution < -0.4 is 4.74 Å². The molecule has 3 heterocycles. The largest absolute Gasteiger partial charge is 0.474 e. The number of halogens is 1. The highest BCUT2D eigenvalue weighted by molar-refractivity contribution is 5.80. The van der Waals surface area contributed by atoms with E-state index < -0.39 is 5.82 Å². The smallest absolute Gasteiger partial charge is 0.410 e. The lowest BCUT2D eigenvalue weighted by molar-refractivity contribution is 0.0502. The Morgan fingerprint density at radius 1 is 1.28 bits per heavy atom. The average molecular weight is 437 g/mol. The van der Waals surface area contributed by atoms with E-state index in [4.69, 9.17) is 14.7 Å². The van der Waals surface area contributed by atoms with Gasteiger partial charge in [-0.25, -0.2) is 14.2 Å². The van der Waals surface area contributed by atoms with Gasteiger partial charge in [0.2, 0.25) is 5.88 Å². The Bertz CT molecular complexity index is 1190. The second-order valence-electron chi connectivity index (χ2n) is 8.02. The number of carbonyl (C=O) groups excluding carboxylic acids is 1. The Labute approximate surface area is 185 Å². The SMILES string of the molecule is Cc1nn2c(OC3CCN(C(=O)OC(C)C)CC3)ccnc2c1-c1ccc(C#N)cc1F. The molecule has 0 saturated carbocycles. The number of fused-ring (bicyclic) bond motifs is 1. The molecule has 3 aromatic rings. The van der Waals surface area contributed by atoms with Crippen LogP contribution in [0.15, 0.2) is 30.5 Å². The van der Waals surface area contributed by atoms with E-state index in [1.807, 2.05) is 19.9 Å². The lowest BCUT2D eigenvalue weighted by Crippen LogP contribution is -2.42. The molecule has 0 radical (unpaired) electrons. The second kappa shape index (κ2) is 8.83. The van der Waals surface area contributed by atoms with Crippen LogP contribution in [-0.4, -0.2) is 50.9 Å². The summed E-state index contributed by atoms with van der Waals surface area (Å²) >= 11 is 0. The molecule has 0 atom stereocenters. The molecule has 1 aliphatic heterocycles. The van der Waals surface area contributed by atoms with E-state index in [2.05, 4.69) is 10.1 Å². The molecule has 9 heteroatoms. The van der Waals surface area contributed by atoms with Crippen molar-refractivity contribution in [2.75, 3.05) is 13.1 Å². The first kappa shape index (κ1) is 21.6. The zero-order chi connectivity index (χ0) is 22.8. The molecule has 0 N–H and O–H groups in total. The number of nitriles is 1. The normalized spacial score (nSPS) is 14.6. The van der Waals surface area contributed by atoms with Crippen molar-refractivity contribution >= 4 is 11.7 Å². The highest BCUT2D eigenvalue weighted by Crippen LogP contribution is 2.32. The molecule has 1 saturated heterocycles. The van der Waals surface area contributed by atoms with Gasteiger partial charge in [0.25, 0.3) is 0 Å². The molecule has 1 fully saturated rings. The molecule has 4 rings (SSSR count). The van der Waals surface area contributed by atoms with E-state index in [0.717, 1.165) is 0 Å². The predicted molar refractivity (Wildman–Crippen MR) is 115 cm³/mol. The van der Waals surface area contributed by atoms with Gasteiger partial charge in [-0.05, 0) is 39.0 Å². The molecule has 0 bridgehead atoms. The first-order valence-corrected chi connectivity index (χ1v) is 10.5. The molecular weight excluding hydrogens is 413 g/mol. The van der Waals surface area contributed by atoms with E-state index in [9.17, 15) is 9.18 Å². The number of hydrogen-bond donors (Lipinski definition) is 0. The van der Waals surface area contributed by atoms with Crippen LogP contribution in [0.2, 0.25) is 0 Å².